The lowest BCUT2D eigenvalue weighted by Gasteiger charge is -2.06. The van der Waals surface area contributed by atoms with Crippen LogP contribution in [0.3, 0.4) is 0 Å². The molecule has 0 aliphatic rings. The van der Waals surface area contributed by atoms with Gasteiger partial charge in [0.1, 0.15) is 10.8 Å². The van der Waals surface area contributed by atoms with Gasteiger partial charge in [-0.1, -0.05) is 22.0 Å². The third-order valence-corrected chi connectivity index (χ3v) is 4.80. The van der Waals surface area contributed by atoms with E-state index in [9.17, 15) is 10.1 Å². The van der Waals surface area contributed by atoms with E-state index < -0.39 is 0 Å². The van der Waals surface area contributed by atoms with E-state index in [1.165, 1.54) is 17.4 Å². The van der Waals surface area contributed by atoms with Crippen molar-refractivity contribution >= 4 is 38.8 Å². The van der Waals surface area contributed by atoms with Crippen molar-refractivity contribution in [3.63, 3.8) is 0 Å². The number of benzene rings is 1. The van der Waals surface area contributed by atoms with Crippen LogP contribution in [0.15, 0.2) is 52.6 Å². The van der Waals surface area contributed by atoms with Crippen LogP contribution in [0.5, 0.6) is 0 Å². The minimum Gasteiger partial charge on any atom is -0.365 e. The molecule has 0 fully saturated rings. The van der Waals surface area contributed by atoms with Crippen LogP contribution in [0.2, 0.25) is 0 Å². The number of rotatable bonds is 5. The number of nitrogens with zero attached hydrogens (tertiary/aromatic N) is 3. The normalized spacial score (nSPS) is 10.5. The van der Waals surface area contributed by atoms with E-state index in [0.29, 0.717) is 22.4 Å². The van der Waals surface area contributed by atoms with Gasteiger partial charge >= 0.3 is 0 Å². The van der Waals surface area contributed by atoms with Gasteiger partial charge in [-0.3, -0.25) is 15.1 Å². The standard InChI is InChI=1S/C15H11BrN4O2S/c16-12-2-1-3-13(20(21)22)11(12)8-18-14-9-23-15(19-14)10-4-6-17-7-5-10/h1-7,9,18H,8H2. The fourth-order valence-corrected chi connectivity index (χ4v) is 3.33. The van der Waals surface area contributed by atoms with Crippen LogP contribution in [0, 0.1) is 10.1 Å². The molecule has 1 N–H and O–H groups in total. The molecule has 0 bridgehead atoms. The first-order chi connectivity index (χ1) is 11.1. The highest BCUT2D eigenvalue weighted by molar-refractivity contribution is 9.10. The molecule has 0 amide bonds. The molecular weight excluding hydrogens is 380 g/mol. The second kappa shape index (κ2) is 6.84. The maximum atomic E-state index is 11.1. The van der Waals surface area contributed by atoms with Crippen LogP contribution >= 0.6 is 27.3 Å². The fraction of sp³-hybridized carbons (Fsp3) is 0.0667. The molecule has 0 saturated heterocycles. The Kier molecular flexibility index (Phi) is 4.63. The predicted octanol–water partition coefficient (Wildman–Crippen LogP) is 4.49. The molecular formula is C15H11BrN4O2S. The van der Waals surface area contributed by atoms with Gasteiger partial charge in [0, 0.05) is 40.4 Å². The maximum absolute atomic E-state index is 11.1. The Morgan fingerprint density at radius 2 is 2.04 bits per heavy atom. The molecule has 23 heavy (non-hydrogen) atoms. The van der Waals surface area contributed by atoms with Crippen LogP contribution in [0.25, 0.3) is 10.6 Å². The first-order valence-corrected chi connectivity index (χ1v) is 8.34. The number of nitrogens with one attached hydrogen (secondary N) is 1. The minimum absolute atomic E-state index is 0.0801. The van der Waals surface area contributed by atoms with Gasteiger partial charge in [0.25, 0.3) is 5.69 Å². The number of nitro benzene ring substituents is 1. The summed E-state index contributed by atoms with van der Waals surface area (Å²) in [6.07, 6.45) is 3.43. The molecule has 6 nitrogen and oxygen atoms in total. The Balaban J connectivity index is 1.78. The molecule has 0 aliphatic carbocycles. The molecule has 0 radical (unpaired) electrons. The predicted molar refractivity (Wildman–Crippen MR) is 93.5 cm³/mol. The quantitative estimate of drug-likeness (QED) is 0.512. The second-order valence-corrected chi connectivity index (χ2v) is 6.33. The van der Waals surface area contributed by atoms with Crippen molar-refractivity contribution in [1.82, 2.24) is 9.97 Å². The summed E-state index contributed by atoms with van der Waals surface area (Å²) in [6.45, 7) is 0.317. The van der Waals surface area contributed by atoms with Crippen LogP contribution in [-0.2, 0) is 6.54 Å². The third-order valence-electron chi connectivity index (χ3n) is 3.17. The van der Waals surface area contributed by atoms with Gasteiger partial charge in [0.15, 0.2) is 0 Å². The zero-order chi connectivity index (χ0) is 16.2. The highest BCUT2D eigenvalue weighted by Crippen LogP contribution is 2.29. The lowest BCUT2D eigenvalue weighted by atomic mass is 10.2. The minimum atomic E-state index is -0.384. The highest BCUT2D eigenvalue weighted by atomic mass is 79.9. The smallest absolute Gasteiger partial charge is 0.275 e. The summed E-state index contributed by atoms with van der Waals surface area (Å²) in [5.74, 6) is 0.687. The van der Waals surface area contributed by atoms with Crippen molar-refractivity contribution in [1.29, 1.82) is 0 Å². The Morgan fingerprint density at radius 3 is 2.78 bits per heavy atom. The average molecular weight is 391 g/mol. The van der Waals surface area contributed by atoms with E-state index in [0.717, 1.165) is 10.6 Å². The van der Waals surface area contributed by atoms with Crippen molar-refractivity contribution < 1.29 is 4.92 Å². The van der Waals surface area contributed by atoms with E-state index in [-0.39, 0.29) is 10.6 Å². The van der Waals surface area contributed by atoms with Gasteiger partial charge < -0.3 is 5.32 Å². The van der Waals surface area contributed by atoms with Gasteiger partial charge in [-0.2, -0.15) is 0 Å². The monoisotopic (exact) mass is 390 g/mol. The Hall–Kier alpha value is -2.32. The Labute approximate surface area is 144 Å². The molecule has 2 aromatic heterocycles. The molecule has 2 heterocycles. The maximum Gasteiger partial charge on any atom is 0.275 e. The molecule has 0 aliphatic heterocycles. The topological polar surface area (TPSA) is 81.0 Å². The van der Waals surface area contributed by atoms with Crippen molar-refractivity contribution in [2.24, 2.45) is 0 Å². The van der Waals surface area contributed by atoms with E-state index in [2.05, 4.69) is 31.2 Å². The van der Waals surface area contributed by atoms with Crippen LogP contribution in [-0.4, -0.2) is 14.9 Å². The average Bonchev–Trinajstić information content (AvgIpc) is 3.03. The van der Waals surface area contributed by atoms with Gasteiger partial charge in [-0.05, 0) is 18.2 Å². The van der Waals surface area contributed by atoms with Crippen LogP contribution in [0.4, 0.5) is 11.5 Å². The lowest BCUT2D eigenvalue weighted by molar-refractivity contribution is -0.385. The largest absolute Gasteiger partial charge is 0.365 e. The first-order valence-electron chi connectivity index (χ1n) is 6.66. The molecule has 0 saturated carbocycles. The zero-order valence-corrected chi connectivity index (χ0v) is 14.2. The number of hydrogen-bond donors (Lipinski definition) is 1. The SMILES string of the molecule is O=[N+]([O-])c1cccc(Br)c1CNc1csc(-c2ccncc2)n1. The Morgan fingerprint density at radius 1 is 1.26 bits per heavy atom. The number of pyridine rings is 1. The number of hydrogen-bond acceptors (Lipinski definition) is 6. The number of thiazole rings is 1. The molecule has 0 spiro atoms. The molecule has 0 atom stereocenters. The molecule has 0 unspecified atom stereocenters. The summed E-state index contributed by atoms with van der Waals surface area (Å²) >= 11 is 4.87. The summed E-state index contributed by atoms with van der Waals surface area (Å²) in [5.41, 5.74) is 1.66. The number of nitro groups is 1. The molecule has 3 aromatic rings. The molecule has 3 rings (SSSR count). The van der Waals surface area contributed by atoms with Crippen molar-refractivity contribution in [2.45, 2.75) is 6.54 Å². The molecule has 116 valence electrons. The third kappa shape index (κ3) is 3.54. The number of aromatic nitrogens is 2. The van der Waals surface area contributed by atoms with Crippen LogP contribution in [0.1, 0.15) is 5.56 Å². The van der Waals surface area contributed by atoms with Crippen LogP contribution < -0.4 is 5.32 Å². The summed E-state index contributed by atoms with van der Waals surface area (Å²) in [5, 5.41) is 17.0. The summed E-state index contributed by atoms with van der Waals surface area (Å²) < 4.78 is 0.698. The van der Waals surface area contributed by atoms with Crippen molar-refractivity contribution in [2.75, 3.05) is 5.32 Å². The van der Waals surface area contributed by atoms with Gasteiger partial charge in [0.05, 0.1) is 10.5 Å². The van der Waals surface area contributed by atoms with E-state index >= 15 is 0 Å². The number of anilines is 1. The molecule has 1 aromatic carbocycles. The van der Waals surface area contributed by atoms with E-state index in [4.69, 9.17) is 0 Å². The lowest BCUT2D eigenvalue weighted by Crippen LogP contribution is -2.04. The Bertz CT molecular complexity index is 839. The van der Waals surface area contributed by atoms with Gasteiger partial charge in [-0.15, -0.1) is 11.3 Å². The van der Waals surface area contributed by atoms with Crippen molar-refractivity contribution in [3.05, 3.63) is 68.3 Å². The summed E-state index contributed by atoms with van der Waals surface area (Å²) in [7, 11) is 0. The first kappa shape index (κ1) is 15.6. The number of halogens is 1. The summed E-state index contributed by atoms with van der Waals surface area (Å²) in [6, 6.07) is 8.71. The molecule has 8 heteroatoms. The highest BCUT2D eigenvalue weighted by Gasteiger charge is 2.16. The van der Waals surface area contributed by atoms with E-state index in [1.54, 1.807) is 24.5 Å². The van der Waals surface area contributed by atoms with Gasteiger partial charge in [0.2, 0.25) is 0 Å². The van der Waals surface area contributed by atoms with Gasteiger partial charge in [-0.25, -0.2) is 4.98 Å². The fourth-order valence-electron chi connectivity index (χ4n) is 2.05. The second-order valence-electron chi connectivity index (χ2n) is 4.62. The zero-order valence-electron chi connectivity index (χ0n) is 11.8. The summed E-state index contributed by atoms with van der Waals surface area (Å²) in [4.78, 5) is 19.2. The van der Waals surface area contributed by atoms with E-state index in [1.807, 2.05) is 17.5 Å². The van der Waals surface area contributed by atoms with Crippen molar-refractivity contribution in [3.8, 4) is 10.6 Å².